The number of furan rings is 1. The molecule has 2 N–H and O–H groups in total. The van der Waals surface area contributed by atoms with Crippen LogP contribution in [0.3, 0.4) is 0 Å². The van der Waals surface area contributed by atoms with Gasteiger partial charge >= 0.3 is 5.97 Å². The number of nitrogens with zero attached hydrogens (tertiary/aromatic N) is 1. The first kappa shape index (κ1) is 17.5. The average molecular weight is 333 g/mol. The highest BCUT2D eigenvalue weighted by molar-refractivity contribution is 5.93. The molecule has 0 bridgehead atoms. The van der Waals surface area contributed by atoms with Crippen molar-refractivity contribution in [1.29, 1.82) is 5.26 Å². The number of hydrogen-bond donors (Lipinski definition) is 2. The smallest absolute Gasteiger partial charge is 0.325 e. The van der Waals surface area contributed by atoms with E-state index >= 15 is 0 Å². The number of carbonyl (C=O) groups excluding carboxylic acids is 3. The van der Waals surface area contributed by atoms with E-state index in [0.717, 1.165) is 19.3 Å². The molecule has 1 aromatic heterocycles. The van der Waals surface area contributed by atoms with Gasteiger partial charge in [-0.2, -0.15) is 5.26 Å². The molecule has 0 aromatic carbocycles. The highest BCUT2D eigenvalue weighted by Gasteiger charge is 2.33. The maximum Gasteiger partial charge on any atom is 0.325 e. The van der Waals surface area contributed by atoms with E-state index in [1.54, 1.807) is 6.07 Å². The molecule has 0 unspecified atom stereocenters. The van der Waals surface area contributed by atoms with Crippen LogP contribution in [0.4, 0.5) is 0 Å². The van der Waals surface area contributed by atoms with Crippen molar-refractivity contribution in [2.75, 3.05) is 13.2 Å². The first-order valence-electron chi connectivity index (χ1n) is 7.74. The summed E-state index contributed by atoms with van der Waals surface area (Å²) in [6.45, 7) is -0.866. The SMILES string of the molecule is N#CC1(NC(=O)COC(=O)CNC(=O)c2ccco2)CCCCC1. The lowest BCUT2D eigenvalue weighted by atomic mass is 9.83. The molecule has 8 heteroatoms. The Bertz CT molecular complexity index is 627. The van der Waals surface area contributed by atoms with Crippen LogP contribution in [0.1, 0.15) is 42.7 Å². The van der Waals surface area contributed by atoms with Crippen LogP contribution in [0, 0.1) is 11.3 Å². The zero-order valence-corrected chi connectivity index (χ0v) is 13.2. The highest BCUT2D eigenvalue weighted by atomic mass is 16.5. The molecule has 1 heterocycles. The molecule has 0 aliphatic heterocycles. The number of amides is 2. The Hall–Kier alpha value is -2.82. The number of nitriles is 1. The molecule has 0 radical (unpaired) electrons. The van der Waals surface area contributed by atoms with Crippen molar-refractivity contribution in [1.82, 2.24) is 10.6 Å². The van der Waals surface area contributed by atoms with Crippen molar-refractivity contribution in [2.24, 2.45) is 0 Å². The molecule has 2 rings (SSSR count). The van der Waals surface area contributed by atoms with Gasteiger partial charge in [-0.05, 0) is 25.0 Å². The molecule has 1 saturated carbocycles. The van der Waals surface area contributed by atoms with Crippen LogP contribution < -0.4 is 10.6 Å². The maximum absolute atomic E-state index is 11.9. The number of nitrogens with one attached hydrogen (secondary N) is 2. The summed E-state index contributed by atoms with van der Waals surface area (Å²) >= 11 is 0. The van der Waals surface area contributed by atoms with Gasteiger partial charge in [0, 0.05) is 0 Å². The Labute approximate surface area is 139 Å². The van der Waals surface area contributed by atoms with Gasteiger partial charge in [0.2, 0.25) is 0 Å². The largest absolute Gasteiger partial charge is 0.459 e. The van der Waals surface area contributed by atoms with Gasteiger partial charge < -0.3 is 19.8 Å². The van der Waals surface area contributed by atoms with Gasteiger partial charge in [-0.1, -0.05) is 19.3 Å². The van der Waals surface area contributed by atoms with Gasteiger partial charge in [-0.25, -0.2) is 0 Å². The van der Waals surface area contributed by atoms with E-state index in [9.17, 15) is 19.6 Å². The third kappa shape index (κ3) is 4.84. The minimum atomic E-state index is -0.866. The van der Waals surface area contributed by atoms with Gasteiger partial charge in [0.05, 0.1) is 12.3 Å². The minimum absolute atomic E-state index is 0.0776. The Kier molecular flexibility index (Phi) is 5.95. The monoisotopic (exact) mass is 333 g/mol. The van der Waals surface area contributed by atoms with Crippen LogP contribution >= 0.6 is 0 Å². The zero-order chi connectivity index (χ0) is 17.4. The maximum atomic E-state index is 11.9. The number of hydrogen-bond acceptors (Lipinski definition) is 6. The third-order valence-electron chi connectivity index (χ3n) is 3.80. The molecule has 0 saturated heterocycles. The van der Waals surface area contributed by atoms with Gasteiger partial charge in [0.15, 0.2) is 12.4 Å². The molecule has 1 aliphatic rings. The summed E-state index contributed by atoms with van der Waals surface area (Å²) in [5.74, 6) is -1.75. The van der Waals surface area contributed by atoms with Gasteiger partial charge in [0.25, 0.3) is 11.8 Å². The zero-order valence-electron chi connectivity index (χ0n) is 13.2. The molecule has 2 amide bonds. The first-order chi connectivity index (χ1) is 11.5. The molecule has 0 spiro atoms. The fraction of sp³-hybridized carbons (Fsp3) is 0.500. The third-order valence-corrected chi connectivity index (χ3v) is 3.80. The van der Waals surface area contributed by atoms with E-state index in [0.29, 0.717) is 12.8 Å². The Balaban J connectivity index is 1.70. The van der Waals surface area contributed by atoms with Crippen molar-refractivity contribution in [3.8, 4) is 6.07 Å². The second-order valence-electron chi connectivity index (χ2n) is 5.62. The molecular weight excluding hydrogens is 314 g/mol. The van der Waals surface area contributed by atoms with Crippen LogP contribution in [0.5, 0.6) is 0 Å². The van der Waals surface area contributed by atoms with Crippen LogP contribution in [0.2, 0.25) is 0 Å². The molecule has 8 nitrogen and oxygen atoms in total. The average Bonchev–Trinajstić information content (AvgIpc) is 3.13. The quantitative estimate of drug-likeness (QED) is 0.746. The molecule has 1 aromatic rings. The van der Waals surface area contributed by atoms with Crippen LogP contribution in [0.15, 0.2) is 22.8 Å². The molecule has 24 heavy (non-hydrogen) atoms. The van der Waals surface area contributed by atoms with E-state index in [4.69, 9.17) is 9.15 Å². The van der Waals surface area contributed by atoms with E-state index in [-0.39, 0.29) is 12.3 Å². The normalized spacial score (nSPS) is 15.8. The molecule has 128 valence electrons. The van der Waals surface area contributed by atoms with Crippen molar-refractivity contribution < 1.29 is 23.5 Å². The number of rotatable bonds is 6. The minimum Gasteiger partial charge on any atom is -0.459 e. The molecule has 0 atom stereocenters. The van der Waals surface area contributed by atoms with Crippen molar-refractivity contribution in [3.63, 3.8) is 0 Å². The summed E-state index contributed by atoms with van der Waals surface area (Å²) in [7, 11) is 0. The first-order valence-corrected chi connectivity index (χ1v) is 7.74. The summed E-state index contributed by atoms with van der Waals surface area (Å²) < 4.78 is 9.67. The lowest BCUT2D eigenvalue weighted by Crippen LogP contribution is -2.50. The number of carbonyl (C=O) groups is 3. The van der Waals surface area contributed by atoms with E-state index in [2.05, 4.69) is 16.7 Å². The Morgan fingerprint density at radius 2 is 2.04 bits per heavy atom. The van der Waals surface area contributed by atoms with Crippen LogP contribution in [0.25, 0.3) is 0 Å². The standard InChI is InChI=1S/C16H19N3O5/c17-11-16(6-2-1-3-7-16)19-13(20)10-24-14(21)9-18-15(22)12-5-4-8-23-12/h4-5,8H,1-3,6-7,9-10H2,(H,18,22)(H,19,20). The molecule has 1 aliphatic carbocycles. The number of ether oxygens (including phenoxy) is 1. The molecule has 1 fully saturated rings. The summed E-state index contributed by atoms with van der Waals surface area (Å²) in [6.07, 6.45) is 5.35. The lowest BCUT2D eigenvalue weighted by Gasteiger charge is -2.31. The van der Waals surface area contributed by atoms with Crippen molar-refractivity contribution in [2.45, 2.75) is 37.6 Å². The van der Waals surface area contributed by atoms with Crippen molar-refractivity contribution in [3.05, 3.63) is 24.2 Å². The van der Waals surface area contributed by atoms with E-state index in [1.165, 1.54) is 12.3 Å². The van der Waals surface area contributed by atoms with Gasteiger partial charge in [-0.3, -0.25) is 14.4 Å². The van der Waals surface area contributed by atoms with E-state index in [1.807, 2.05) is 0 Å². The van der Waals surface area contributed by atoms with E-state index < -0.39 is 29.9 Å². The fourth-order valence-electron chi connectivity index (χ4n) is 2.57. The van der Waals surface area contributed by atoms with Crippen LogP contribution in [-0.2, 0) is 14.3 Å². The summed E-state index contributed by atoms with van der Waals surface area (Å²) in [5.41, 5.74) is -0.866. The Morgan fingerprint density at radius 1 is 1.29 bits per heavy atom. The highest BCUT2D eigenvalue weighted by Crippen LogP contribution is 2.27. The van der Waals surface area contributed by atoms with Crippen molar-refractivity contribution >= 4 is 17.8 Å². The van der Waals surface area contributed by atoms with Gasteiger partial charge in [0.1, 0.15) is 12.1 Å². The topological polar surface area (TPSA) is 121 Å². The fourth-order valence-corrected chi connectivity index (χ4v) is 2.57. The van der Waals surface area contributed by atoms with Gasteiger partial charge in [-0.15, -0.1) is 0 Å². The summed E-state index contributed by atoms with van der Waals surface area (Å²) in [6, 6.07) is 5.16. The van der Waals surface area contributed by atoms with Crippen LogP contribution in [-0.4, -0.2) is 36.5 Å². The lowest BCUT2D eigenvalue weighted by molar-refractivity contribution is -0.148. The summed E-state index contributed by atoms with van der Waals surface area (Å²) in [5, 5.41) is 14.2. The number of esters is 1. The summed E-state index contributed by atoms with van der Waals surface area (Å²) in [4.78, 5) is 35.0. The predicted molar refractivity (Wildman–Crippen MR) is 81.6 cm³/mol. The molecular formula is C16H19N3O5. The second kappa shape index (κ2) is 8.15. The predicted octanol–water partition coefficient (Wildman–Crippen LogP) is 0.895. The second-order valence-corrected chi connectivity index (χ2v) is 5.62. The Morgan fingerprint density at radius 3 is 2.67 bits per heavy atom.